The second-order valence-corrected chi connectivity index (χ2v) is 7.57. The number of benzene rings is 1. The summed E-state index contributed by atoms with van der Waals surface area (Å²) in [5.41, 5.74) is 1.65. The van der Waals surface area contributed by atoms with Gasteiger partial charge in [0.1, 0.15) is 5.01 Å². The van der Waals surface area contributed by atoms with Crippen LogP contribution < -0.4 is 0 Å². The van der Waals surface area contributed by atoms with Crippen LogP contribution in [0.5, 0.6) is 0 Å². The summed E-state index contributed by atoms with van der Waals surface area (Å²) in [7, 11) is 1.71. The number of thioether (sulfide) groups is 1. The molecule has 0 spiro atoms. The van der Waals surface area contributed by atoms with Gasteiger partial charge in [-0.15, -0.1) is 10.2 Å². The van der Waals surface area contributed by atoms with Crippen LogP contribution in [0.4, 0.5) is 5.13 Å². The van der Waals surface area contributed by atoms with Crippen LogP contribution in [0.2, 0.25) is 0 Å². The lowest BCUT2D eigenvalue weighted by Gasteiger charge is -2.05. The first-order chi connectivity index (χ1) is 12.1. The lowest BCUT2D eigenvalue weighted by molar-refractivity contribution is -0.121. The Balaban J connectivity index is 1.66. The molecule has 1 amide bonds. The SMILES string of the molecule is Cc1nnc(/N=C2/S/C(=C\c3ccc4ccccc4n3)C(=O)N2C)s1. The standard InChI is InChI=1S/C17H13N5OS2/c1-10-20-21-16(24-10)19-17-22(2)15(23)14(25-17)9-12-8-7-11-5-3-4-6-13(11)18-12/h3-9H,1-2H3/b14-9-,19-17+. The monoisotopic (exact) mass is 367 g/mol. The number of aliphatic imine (C=N–C) groups is 1. The Morgan fingerprint density at radius 1 is 1.16 bits per heavy atom. The summed E-state index contributed by atoms with van der Waals surface area (Å²) in [6, 6.07) is 11.8. The summed E-state index contributed by atoms with van der Waals surface area (Å²) in [5, 5.41) is 11.0. The number of nitrogens with zero attached hydrogens (tertiary/aromatic N) is 5. The molecule has 4 rings (SSSR count). The van der Waals surface area contributed by atoms with E-state index in [1.54, 1.807) is 13.1 Å². The lowest BCUT2D eigenvalue weighted by Crippen LogP contribution is -2.23. The normalized spacial score (nSPS) is 18.0. The van der Waals surface area contributed by atoms with Crippen molar-refractivity contribution in [1.29, 1.82) is 0 Å². The number of amides is 1. The molecule has 0 radical (unpaired) electrons. The van der Waals surface area contributed by atoms with Crippen LogP contribution >= 0.6 is 23.1 Å². The minimum absolute atomic E-state index is 0.0973. The molecule has 0 bridgehead atoms. The maximum atomic E-state index is 12.5. The van der Waals surface area contributed by atoms with Gasteiger partial charge in [0.25, 0.3) is 5.91 Å². The molecule has 25 heavy (non-hydrogen) atoms. The average Bonchev–Trinajstić information content (AvgIpc) is 3.14. The molecule has 0 N–H and O–H groups in total. The number of amidine groups is 1. The number of aryl methyl sites for hydroxylation is 1. The Hall–Kier alpha value is -2.58. The molecule has 2 aromatic heterocycles. The highest BCUT2D eigenvalue weighted by Gasteiger charge is 2.30. The molecule has 1 aromatic carbocycles. The fraction of sp³-hybridized carbons (Fsp3) is 0.118. The van der Waals surface area contributed by atoms with Gasteiger partial charge in [-0.25, -0.2) is 4.98 Å². The van der Waals surface area contributed by atoms with Crippen molar-refractivity contribution in [2.75, 3.05) is 7.05 Å². The van der Waals surface area contributed by atoms with Gasteiger partial charge in [-0.2, -0.15) is 4.99 Å². The zero-order valence-electron chi connectivity index (χ0n) is 13.5. The number of hydrogen-bond donors (Lipinski definition) is 0. The Labute approximate surface area is 152 Å². The number of aromatic nitrogens is 3. The van der Waals surface area contributed by atoms with Crippen molar-refractivity contribution in [1.82, 2.24) is 20.1 Å². The summed E-state index contributed by atoms with van der Waals surface area (Å²) in [5.74, 6) is -0.0973. The van der Waals surface area contributed by atoms with E-state index < -0.39 is 0 Å². The van der Waals surface area contributed by atoms with Crippen LogP contribution in [-0.4, -0.2) is 38.2 Å². The molecule has 1 aliphatic heterocycles. The molecule has 0 aliphatic carbocycles. The lowest BCUT2D eigenvalue weighted by atomic mass is 10.2. The van der Waals surface area contributed by atoms with Crippen LogP contribution in [0.25, 0.3) is 17.0 Å². The summed E-state index contributed by atoms with van der Waals surface area (Å²) < 4.78 is 0. The minimum Gasteiger partial charge on any atom is -0.289 e. The molecular formula is C17H13N5OS2. The van der Waals surface area contributed by atoms with Gasteiger partial charge in [-0.3, -0.25) is 9.69 Å². The van der Waals surface area contributed by atoms with Gasteiger partial charge in [-0.1, -0.05) is 35.6 Å². The first-order valence-electron chi connectivity index (χ1n) is 7.52. The van der Waals surface area contributed by atoms with Crippen LogP contribution in [0.15, 0.2) is 46.3 Å². The molecule has 0 unspecified atom stereocenters. The number of rotatable bonds is 2. The topological polar surface area (TPSA) is 71.3 Å². The van der Waals surface area contributed by atoms with E-state index in [1.165, 1.54) is 28.0 Å². The Kier molecular flexibility index (Phi) is 4.06. The highest BCUT2D eigenvalue weighted by Crippen LogP contribution is 2.33. The van der Waals surface area contributed by atoms with Gasteiger partial charge in [0.15, 0.2) is 5.17 Å². The third-order valence-electron chi connectivity index (χ3n) is 3.61. The van der Waals surface area contributed by atoms with E-state index in [0.717, 1.165) is 21.6 Å². The second kappa shape index (κ2) is 6.38. The fourth-order valence-electron chi connectivity index (χ4n) is 2.36. The van der Waals surface area contributed by atoms with Gasteiger partial charge in [0, 0.05) is 12.4 Å². The van der Waals surface area contributed by atoms with E-state index in [2.05, 4.69) is 20.2 Å². The summed E-state index contributed by atoms with van der Waals surface area (Å²) in [6.07, 6.45) is 1.80. The minimum atomic E-state index is -0.0973. The quantitative estimate of drug-likeness (QED) is 0.647. The highest BCUT2D eigenvalue weighted by molar-refractivity contribution is 8.18. The molecule has 1 aliphatic rings. The highest BCUT2D eigenvalue weighted by atomic mass is 32.2. The van der Waals surface area contributed by atoms with Crippen molar-refractivity contribution in [3.05, 3.63) is 52.0 Å². The van der Waals surface area contributed by atoms with Crippen molar-refractivity contribution in [3.63, 3.8) is 0 Å². The molecule has 0 atom stereocenters. The Morgan fingerprint density at radius 3 is 2.80 bits per heavy atom. The molecule has 3 aromatic rings. The van der Waals surface area contributed by atoms with Crippen molar-refractivity contribution in [3.8, 4) is 0 Å². The fourth-order valence-corrected chi connectivity index (χ4v) is 3.93. The molecular weight excluding hydrogens is 354 g/mol. The van der Waals surface area contributed by atoms with E-state index in [1.807, 2.05) is 43.3 Å². The van der Waals surface area contributed by atoms with E-state index in [0.29, 0.717) is 15.2 Å². The van der Waals surface area contributed by atoms with Gasteiger partial charge in [0.05, 0.1) is 16.1 Å². The number of likely N-dealkylation sites (N-methyl/N-ethyl adjacent to an activating group) is 1. The first-order valence-corrected chi connectivity index (χ1v) is 9.16. The number of pyridine rings is 1. The zero-order valence-corrected chi connectivity index (χ0v) is 15.1. The van der Waals surface area contributed by atoms with Crippen LogP contribution in [0, 0.1) is 6.92 Å². The third kappa shape index (κ3) is 3.18. The molecule has 3 heterocycles. The number of fused-ring (bicyclic) bond motifs is 1. The van der Waals surface area contributed by atoms with Crippen LogP contribution in [0.1, 0.15) is 10.7 Å². The maximum Gasteiger partial charge on any atom is 0.266 e. The predicted octanol–water partition coefficient (Wildman–Crippen LogP) is 3.63. The van der Waals surface area contributed by atoms with Crippen molar-refractivity contribution < 1.29 is 4.79 Å². The van der Waals surface area contributed by atoms with E-state index in [4.69, 9.17) is 0 Å². The third-order valence-corrected chi connectivity index (χ3v) is 5.40. The first kappa shape index (κ1) is 15.9. The number of hydrogen-bond acceptors (Lipinski definition) is 7. The van der Waals surface area contributed by atoms with Crippen molar-refractivity contribution in [2.24, 2.45) is 4.99 Å². The predicted molar refractivity (Wildman–Crippen MR) is 102 cm³/mol. The van der Waals surface area contributed by atoms with Gasteiger partial charge in [0.2, 0.25) is 5.13 Å². The molecule has 8 heteroatoms. The van der Waals surface area contributed by atoms with Crippen LogP contribution in [-0.2, 0) is 4.79 Å². The van der Waals surface area contributed by atoms with Gasteiger partial charge >= 0.3 is 0 Å². The van der Waals surface area contributed by atoms with E-state index >= 15 is 0 Å². The Bertz CT molecular complexity index is 1040. The number of carbonyl (C=O) groups excluding carboxylic acids is 1. The molecule has 0 saturated carbocycles. The molecule has 1 fully saturated rings. The largest absolute Gasteiger partial charge is 0.289 e. The number of para-hydroxylation sites is 1. The maximum absolute atomic E-state index is 12.5. The van der Waals surface area contributed by atoms with Crippen molar-refractivity contribution >= 4 is 56.3 Å². The van der Waals surface area contributed by atoms with Gasteiger partial charge < -0.3 is 0 Å². The Morgan fingerprint density at radius 2 is 2.00 bits per heavy atom. The van der Waals surface area contributed by atoms with Crippen molar-refractivity contribution in [2.45, 2.75) is 6.92 Å². The average molecular weight is 367 g/mol. The van der Waals surface area contributed by atoms with E-state index in [9.17, 15) is 4.79 Å². The second-order valence-electron chi connectivity index (χ2n) is 5.40. The summed E-state index contributed by atoms with van der Waals surface area (Å²) in [6.45, 7) is 1.87. The molecule has 6 nitrogen and oxygen atoms in total. The zero-order chi connectivity index (χ0) is 17.4. The van der Waals surface area contributed by atoms with E-state index in [-0.39, 0.29) is 5.91 Å². The smallest absolute Gasteiger partial charge is 0.266 e. The molecule has 124 valence electrons. The van der Waals surface area contributed by atoms with Gasteiger partial charge in [-0.05, 0) is 36.9 Å². The summed E-state index contributed by atoms with van der Waals surface area (Å²) >= 11 is 2.71. The van der Waals surface area contributed by atoms with Crippen LogP contribution in [0.3, 0.4) is 0 Å². The summed E-state index contributed by atoms with van der Waals surface area (Å²) in [4.78, 5) is 23.6. The number of carbonyl (C=O) groups is 1. The molecule has 1 saturated heterocycles.